The number of nitrogens with zero attached hydrogens (tertiary/aromatic N) is 1. The second kappa shape index (κ2) is 8.45. The van der Waals surface area contributed by atoms with E-state index in [0.717, 1.165) is 39.1 Å². The lowest BCUT2D eigenvalue weighted by atomic mass is 10.0. The highest BCUT2D eigenvalue weighted by Gasteiger charge is 2.20. The van der Waals surface area contributed by atoms with Crippen molar-refractivity contribution in [3.05, 3.63) is 0 Å². The van der Waals surface area contributed by atoms with Crippen molar-refractivity contribution in [2.75, 3.05) is 46.9 Å². The third-order valence-corrected chi connectivity index (χ3v) is 3.44. The van der Waals surface area contributed by atoms with Gasteiger partial charge in [-0.15, -0.1) is 0 Å². The Morgan fingerprint density at radius 3 is 2.67 bits per heavy atom. The third kappa shape index (κ3) is 5.80. The molecule has 1 fully saturated rings. The predicted octanol–water partition coefficient (Wildman–Crippen LogP) is 0.0689. The van der Waals surface area contributed by atoms with E-state index < -0.39 is 0 Å². The van der Waals surface area contributed by atoms with Crippen LogP contribution in [0.3, 0.4) is 0 Å². The Kier molecular flexibility index (Phi) is 7.23. The standard InChI is InChI=1S/C13H27N3O2/c1-11(10-18-3)8-15-12-4-6-16(7-5-12)9-13(17)14-2/h11-12,15H,4-10H2,1-3H3,(H,14,17). The smallest absolute Gasteiger partial charge is 0.233 e. The van der Waals surface area contributed by atoms with Gasteiger partial charge in [0.1, 0.15) is 0 Å². The normalized spacial score (nSPS) is 19.7. The molecule has 0 aromatic rings. The molecule has 0 aromatic heterocycles. The van der Waals surface area contributed by atoms with Gasteiger partial charge in [0.15, 0.2) is 0 Å². The molecular weight excluding hydrogens is 230 g/mol. The Morgan fingerprint density at radius 1 is 1.44 bits per heavy atom. The van der Waals surface area contributed by atoms with Crippen LogP contribution in [0, 0.1) is 5.92 Å². The summed E-state index contributed by atoms with van der Waals surface area (Å²) in [5.41, 5.74) is 0. The summed E-state index contributed by atoms with van der Waals surface area (Å²) in [5.74, 6) is 0.661. The number of carbonyl (C=O) groups excluding carboxylic acids is 1. The van der Waals surface area contributed by atoms with E-state index in [-0.39, 0.29) is 5.91 Å². The molecule has 1 heterocycles. The van der Waals surface area contributed by atoms with E-state index in [1.54, 1.807) is 14.2 Å². The van der Waals surface area contributed by atoms with Gasteiger partial charge >= 0.3 is 0 Å². The van der Waals surface area contributed by atoms with Crippen LogP contribution in [0.4, 0.5) is 0 Å². The zero-order valence-corrected chi connectivity index (χ0v) is 11.9. The van der Waals surface area contributed by atoms with E-state index >= 15 is 0 Å². The van der Waals surface area contributed by atoms with Crippen LogP contribution in [-0.4, -0.2) is 63.8 Å². The van der Waals surface area contributed by atoms with Crippen molar-refractivity contribution in [3.8, 4) is 0 Å². The summed E-state index contributed by atoms with van der Waals surface area (Å²) in [6.45, 7) is 6.55. The van der Waals surface area contributed by atoms with Crippen molar-refractivity contribution in [2.45, 2.75) is 25.8 Å². The van der Waals surface area contributed by atoms with Crippen molar-refractivity contribution in [3.63, 3.8) is 0 Å². The molecule has 106 valence electrons. The van der Waals surface area contributed by atoms with Crippen molar-refractivity contribution in [2.24, 2.45) is 5.92 Å². The summed E-state index contributed by atoms with van der Waals surface area (Å²) in [5, 5.41) is 6.25. The molecule has 18 heavy (non-hydrogen) atoms. The Balaban J connectivity index is 2.13. The van der Waals surface area contributed by atoms with Crippen LogP contribution in [0.1, 0.15) is 19.8 Å². The van der Waals surface area contributed by atoms with Gasteiger partial charge in [0.2, 0.25) is 5.91 Å². The first-order chi connectivity index (χ1) is 8.65. The first-order valence-electron chi connectivity index (χ1n) is 6.81. The molecule has 0 aromatic carbocycles. The molecule has 0 bridgehead atoms. The second-order valence-electron chi connectivity index (χ2n) is 5.19. The fourth-order valence-electron chi connectivity index (χ4n) is 2.29. The summed E-state index contributed by atoms with van der Waals surface area (Å²) in [7, 11) is 3.43. The first kappa shape index (κ1) is 15.4. The van der Waals surface area contributed by atoms with Crippen molar-refractivity contribution >= 4 is 5.91 Å². The summed E-state index contributed by atoms with van der Waals surface area (Å²) in [6, 6.07) is 0.588. The number of methoxy groups -OCH3 is 1. The topological polar surface area (TPSA) is 53.6 Å². The van der Waals surface area contributed by atoms with Crippen LogP contribution < -0.4 is 10.6 Å². The Bertz CT molecular complexity index is 240. The fraction of sp³-hybridized carbons (Fsp3) is 0.923. The van der Waals surface area contributed by atoms with Gasteiger partial charge in [0.25, 0.3) is 0 Å². The molecule has 2 N–H and O–H groups in total. The average Bonchev–Trinajstić information content (AvgIpc) is 2.38. The Hall–Kier alpha value is -0.650. The number of carbonyl (C=O) groups is 1. The van der Waals surface area contributed by atoms with Crippen LogP contribution in [0.15, 0.2) is 0 Å². The Morgan fingerprint density at radius 2 is 2.11 bits per heavy atom. The van der Waals surface area contributed by atoms with Crippen LogP contribution in [0.25, 0.3) is 0 Å². The zero-order chi connectivity index (χ0) is 13.4. The van der Waals surface area contributed by atoms with E-state index in [1.165, 1.54) is 0 Å². The maximum absolute atomic E-state index is 11.3. The zero-order valence-electron chi connectivity index (χ0n) is 11.9. The summed E-state index contributed by atoms with van der Waals surface area (Å²) in [6.07, 6.45) is 2.24. The SMILES string of the molecule is CNC(=O)CN1CCC(NCC(C)COC)CC1. The average molecular weight is 257 g/mol. The quantitative estimate of drug-likeness (QED) is 0.678. The minimum absolute atomic E-state index is 0.107. The van der Waals surface area contributed by atoms with Gasteiger partial charge in [-0.3, -0.25) is 9.69 Å². The first-order valence-corrected chi connectivity index (χ1v) is 6.81. The second-order valence-corrected chi connectivity index (χ2v) is 5.19. The molecule has 1 amide bonds. The van der Waals surface area contributed by atoms with E-state index in [2.05, 4.69) is 22.5 Å². The van der Waals surface area contributed by atoms with Crippen LogP contribution in [0.2, 0.25) is 0 Å². The van der Waals surface area contributed by atoms with Crippen LogP contribution in [-0.2, 0) is 9.53 Å². The number of hydrogen-bond acceptors (Lipinski definition) is 4. The molecule has 1 rings (SSSR count). The van der Waals surface area contributed by atoms with Gasteiger partial charge in [0.05, 0.1) is 6.54 Å². The van der Waals surface area contributed by atoms with Gasteiger partial charge in [-0.05, 0) is 18.8 Å². The molecule has 0 spiro atoms. The number of hydrogen-bond donors (Lipinski definition) is 2. The number of likely N-dealkylation sites (N-methyl/N-ethyl adjacent to an activating group) is 1. The molecule has 0 aliphatic carbocycles. The van der Waals surface area contributed by atoms with Crippen LogP contribution in [0.5, 0.6) is 0 Å². The molecule has 5 nitrogen and oxygen atoms in total. The van der Waals surface area contributed by atoms with Crippen LogP contribution >= 0.6 is 0 Å². The lowest BCUT2D eigenvalue weighted by Gasteiger charge is -2.32. The molecule has 1 unspecified atom stereocenters. The highest BCUT2D eigenvalue weighted by molar-refractivity contribution is 5.77. The van der Waals surface area contributed by atoms with Gasteiger partial charge in [-0.25, -0.2) is 0 Å². The summed E-state index contributed by atoms with van der Waals surface area (Å²) >= 11 is 0. The Labute approximate surface area is 110 Å². The highest BCUT2D eigenvalue weighted by atomic mass is 16.5. The molecule has 5 heteroatoms. The molecule has 0 radical (unpaired) electrons. The van der Waals surface area contributed by atoms with Crippen molar-refractivity contribution in [1.29, 1.82) is 0 Å². The number of nitrogens with one attached hydrogen (secondary N) is 2. The molecular formula is C13H27N3O2. The molecule has 1 saturated heterocycles. The van der Waals surface area contributed by atoms with E-state index in [4.69, 9.17) is 4.74 Å². The lowest BCUT2D eigenvalue weighted by Crippen LogP contribution is -2.46. The predicted molar refractivity (Wildman–Crippen MR) is 72.6 cm³/mol. The summed E-state index contributed by atoms with van der Waals surface area (Å²) in [4.78, 5) is 13.5. The van der Waals surface area contributed by atoms with E-state index in [9.17, 15) is 4.79 Å². The lowest BCUT2D eigenvalue weighted by molar-refractivity contribution is -0.122. The largest absolute Gasteiger partial charge is 0.384 e. The molecule has 0 saturated carbocycles. The maximum atomic E-state index is 11.3. The minimum Gasteiger partial charge on any atom is -0.384 e. The molecule has 1 aliphatic rings. The molecule has 1 aliphatic heterocycles. The van der Waals surface area contributed by atoms with E-state index in [1.807, 2.05) is 0 Å². The minimum atomic E-state index is 0.107. The fourth-order valence-corrected chi connectivity index (χ4v) is 2.29. The highest BCUT2D eigenvalue weighted by Crippen LogP contribution is 2.10. The third-order valence-electron chi connectivity index (χ3n) is 3.44. The molecule has 1 atom stereocenters. The maximum Gasteiger partial charge on any atom is 0.233 e. The monoisotopic (exact) mass is 257 g/mol. The summed E-state index contributed by atoms with van der Waals surface area (Å²) < 4.78 is 5.12. The number of rotatable bonds is 7. The van der Waals surface area contributed by atoms with Crippen molar-refractivity contribution < 1.29 is 9.53 Å². The van der Waals surface area contributed by atoms with Gasteiger partial charge < -0.3 is 15.4 Å². The van der Waals surface area contributed by atoms with E-state index in [0.29, 0.717) is 18.5 Å². The van der Waals surface area contributed by atoms with Gasteiger partial charge in [-0.2, -0.15) is 0 Å². The van der Waals surface area contributed by atoms with Gasteiger partial charge in [-0.1, -0.05) is 6.92 Å². The number of amides is 1. The number of likely N-dealkylation sites (tertiary alicyclic amines) is 1. The number of piperidine rings is 1. The van der Waals surface area contributed by atoms with Crippen molar-refractivity contribution in [1.82, 2.24) is 15.5 Å². The number of ether oxygens (including phenoxy) is 1. The van der Waals surface area contributed by atoms with Gasteiger partial charge in [0, 0.05) is 46.4 Å².